The highest BCUT2D eigenvalue weighted by atomic mass is 16.1. The number of carbonyl (C=O) groups excluding carboxylic acids is 1. The van der Waals surface area contributed by atoms with Crippen LogP contribution in [-0.2, 0) is 7.05 Å². The zero-order valence-electron chi connectivity index (χ0n) is 13.7. The lowest BCUT2D eigenvalue weighted by Gasteiger charge is -2.08. The number of hydrogen-bond acceptors (Lipinski definition) is 2. The minimum absolute atomic E-state index is 0.101. The van der Waals surface area contributed by atoms with Crippen LogP contribution in [0, 0.1) is 20.8 Å². The van der Waals surface area contributed by atoms with Crippen LogP contribution in [0.25, 0.3) is 11.4 Å². The number of aromatic nitrogens is 3. The van der Waals surface area contributed by atoms with E-state index in [1.165, 1.54) is 0 Å². The Hall–Kier alpha value is -2.82. The molecule has 0 N–H and O–H groups in total. The van der Waals surface area contributed by atoms with E-state index in [2.05, 4.69) is 0 Å². The fourth-order valence-electron chi connectivity index (χ4n) is 3.06. The van der Waals surface area contributed by atoms with Gasteiger partial charge in [-0.05, 0) is 39.0 Å². The van der Waals surface area contributed by atoms with E-state index >= 15 is 0 Å². The molecule has 2 heterocycles. The Morgan fingerprint density at radius 3 is 2.22 bits per heavy atom. The Morgan fingerprint density at radius 1 is 1.00 bits per heavy atom. The molecule has 0 amide bonds. The van der Waals surface area contributed by atoms with Crippen molar-refractivity contribution in [2.24, 2.45) is 7.05 Å². The van der Waals surface area contributed by atoms with Gasteiger partial charge in [0, 0.05) is 24.0 Å². The molecule has 0 unspecified atom stereocenters. The molecule has 3 rings (SSSR count). The summed E-state index contributed by atoms with van der Waals surface area (Å²) >= 11 is 0. The Morgan fingerprint density at radius 2 is 1.65 bits per heavy atom. The second-order valence-corrected chi connectivity index (χ2v) is 5.69. The van der Waals surface area contributed by atoms with Crippen molar-refractivity contribution in [3.05, 3.63) is 69.4 Å². The first-order valence-corrected chi connectivity index (χ1v) is 7.46. The van der Waals surface area contributed by atoms with E-state index in [1.807, 2.05) is 67.4 Å². The van der Waals surface area contributed by atoms with Crippen molar-refractivity contribution in [1.29, 1.82) is 0 Å². The van der Waals surface area contributed by atoms with Crippen molar-refractivity contribution in [2.75, 3.05) is 0 Å². The van der Waals surface area contributed by atoms with Gasteiger partial charge in [0.15, 0.2) is 6.29 Å². The van der Waals surface area contributed by atoms with Crippen molar-refractivity contribution in [2.45, 2.75) is 20.8 Å². The van der Waals surface area contributed by atoms with E-state index in [4.69, 9.17) is 0 Å². The van der Waals surface area contributed by atoms with Crippen LogP contribution in [0.5, 0.6) is 0 Å². The number of para-hydroxylation sites is 1. The number of aryl methyl sites for hydroxylation is 1. The number of aldehydes is 1. The summed E-state index contributed by atoms with van der Waals surface area (Å²) in [5.41, 5.74) is 4.40. The van der Waals surface area contributed by atoms with Gasteiger partial charge >= 0.3 is 0 Å². The van der Waals surface area contributed by atoms with Crippen molar-refractivity contribution >= 4 is 6.29 Å². The van der Waals surface area contributed by atoms with Gasteiger partial charge in [0.05, 0.1) is 11.4 Å². The average Bonchev–Trinajstić information content (AvgIpc) is 2.94. The Labute approximate surface area is 134 Å². The lowest BCUT2D eigenvalue weighted by molar-refractivity contribution is 0.112. The lowest BCUT2D eigenvalue weighted by Crippen LogP contribution is -2.22. The highest BCUT2D eigenvalue weighted by Crippen LogP contribution is 2.21. The minimum atomic E-state index is -0.101. The SMILES string of the molecule is Cc1cc(C=O)c(C)n1-c1c(C)n(C)n(-c2ccccc2)c1=O. The number of nitrogens with zero attached hydrogens (tertiary/aromatic N) is 3. The maximum absolute atomic E-state index is 13.0. The fourth-order valence-corrected chi connectivity index (χ4v) is 3.06. The number of benzene rings is 1. The summed E-state index contributed by atoms with van der Waals surface area (Å²) in [6, 6.07) is 11.3. The molecular formula is C18H19N3O2. The molecule has 0 saturated heterocycles. The molecule has 1 aromatic carbocycles. The molecule has 0 saturated carbocycles. The van der Waals surface area contributed by atoms with Crippen molar-refractivity contribution < 1.29 is 4.79 Å². The normalized spacial score (nSPS) is 11.0. The molecule has 0 bridgehead atoms. The quantitative estimate of drug-likeness (QED) is 0.698. The maximum atomic E-state index is 13.0. The summed E-state index contributed by atoms with van der Waals surface area (Å²) in [7, 11) is 1.86. The first kappa shape index (κ1) is 15.1. The summed E-state index contributed by atoms with van der Waals surface area (Å²) in [4.78, 5) is 24.2. The summed E-state index contributed by atoms with van der Waals surface area (Å²) in [6.45, 7) is 5.67. The molecule has 0 aliphatic carbocycles. The van der Waals surface area contributed by atoms with Crippen LogP contribution in [-0.4, -0.2) is 20.2 Å². The number of rotatable bonds is 3. The van der Waals surface area contributed by atoms with E-state index in [9.17, 15) is 9.59 Å². The van der Waals surface area contributed by atoms with Crippen LogP contribution in [0.15, 0.2) is 41.2 Å². The van der Waals surface area contributed by atoms with Crippen LogP contribution in [0.4, 0.5) is 0 Å². The molecule has 2 aromatic heterocycles. The predicted octanol–water partition coefficient (Wildman–Crippen LogP) is 2.70. The molecule has 0 radical (unpaired) electrons. The van der Waals surface area contributed by atoms with Gasteiger partial charge in [-0.2, -0.15) is 0 Å². The van der Waals surface area contributed by atoms with E-state index in [-0.39, 0.29) is 5.56 Å². The Bertz CT molecular complexity index is 943. The molecule has 0 fully saturated rings. The summed E-state index contributed by atoms with van der Waals surface area (Å²) in [5, 5.41) is 0. The Kier molecular flexibility index (Phi) is 3.56. The number of carbonyl (C=O) groups is 1. The van der Waals surface area contributed by atoms with Gasteiger partial charge in [0.1, 0.15) is 5.69 Å². The van der Waals surface area contributed by atoms with Crippen LogP contribution in [0.3, 0.4) is 0 Å². The zero-order valence-corrected chi connectivity index (χ0v) is 13.7. The van der Waals surface area contributed by atoms with E-state index < -0.39 is 0 Å². The molecule has 5 heteroatoms. The van der Waals surface area contributed by atoms with Gasteiger partial charge in [-0.25, -0.2) is 4.68 Å². The second kappa shape index (κ2) is 5.43. The van der Waals surface area contributed by atoms with Crippen LogP contribution >= 0.6 is 0 Å². The molecule has 118 valence electrons. The fraction of sp³-hybridized carbons (Fsp3) is 0.222. The first-order chi connectivity index (χ1) is 11.0. The van der Waals surface area contributed by atoms with Gasteiger partial charge in [-0.1, -0.05) is 18.2 Å². The highest BCUT2D eigenvalue weighted by Gasteiger charge is 2.21. The van der Waals surface area contributed by atoms with Crippen molar-refractivity contribution in [1.82, 2.24) is 13.9 Å². The molecular weight excluding hydrogens is 290 g/mol. The Balaban J connectivity index is 2.34. The molecule has 5 nitrogen and oxygen atoms in total. The van der Waals surface area contributed by atoms with Gasteiger partial charge in [-0.15, -0.1) is 0 Å². The summed E-state index contributed by atoms with van der Waals surface area (Å²) in [5.74, 6) is 0. The van der Waals surface area contributed by atoms with Crippen LogP contribution in [0.2, 0.25) is 0 Å². The smallest absolute Gasteiger partial charge is 0.295 e. The monoisotopic (exact) mass is 309 g/mol. The van der Waals surface area contributed by atoms with Crippen LogP contribution in [0.1, 0.15) is 27.4 Å². The number of hydrogen-bond donors (Lipinski definition) is 0. The zero-order chi connectivity index (χ0) is 16.7. The molecule has 0 aliphatic rings. The maximum Gasteiger partial charge on any atom is 0.295 e. The van der Waals surface area contributed by atoms with Gasteiger partial charge in [0.2, 0.25) is 0 Å². The largest absolute Gasteiger partial charge is 0.311 e. The van der Waals surface area contributed by atoms with Crippen molar-refractivity contribution in [3.8, 4) is 11.4 Å². The second-order valence-electron chi connectivity index (χ2n) is 5.69. The summed E-state index contributed by atoms with van der Waals surface area (Å²) in [6.07, 6.45) is 0.826. The average molecular weight is 309 g/mol. The predicted molar refractivity (Wildman–Crippen MR) is 89.9 cm³/mol. The molecule has 23 heavy (non-hydrogen) atoms. The van der Waals surface area contributed by atoms with Gasteiger partial charge in [0.25, 0.3) is 5.56 Å². The molecule has 3 aromatic rings. The van der Waals surface area contributed by atoms with E-state index in [1.54, 1.807) is 10.7 Å². The molecule has 0 atom stereocenters. The highest BCUT2D eigenvalue weighted by molar-refractivity contribution is 5.77. The minimum Gasteiger partial charge on any atom is -0.311 e. The third kappa shape index (κ3) is 2.16. The summed E-state index contributed by atoms with van der Waals surface area (Å²) < 4.78 is 5.34. The first-order valence-electron chi connectivity index (χ1n) is 7.46. The van der Waals surface area contributed by atoms with Gasteiger partial charge in [-0.3, -0.25) is 14.3 Å². The van der Waals surface area contributed by atoms with Crippen molar-refractivity contribution in [3.63, 3.8) is 0 Å². The van der Waals surface area contributed by atoms with E-state index in [0.29, 0.717) is 11.3 Å². The topological polar surface area (TPSA) is 48.9 Å². The van der Waals surface area contributed by atoms with Crippen LogP contribution < -0.4 is 5.56 Å². The lowest BCUT2D eigenvalue weighted by atomic mass is 10.3. The third-order valence-electron chi connectivity index (χ3n) is 4.34. The molecule has 0 spiro atoms. The van der Waals surface area contributed by atoms with Gasteiger partial charge < -0.3 is 4.57 Å². The van der Waals surface area contributed by atoms with E-state index in [0.717, 1.165) is 29.1 Å². The molecule has 0 aliphatic heterocycles. The third-order valence-corrected chi connectivity index (χ3v) is 4.34. The standard InChI is InChI=1S/C18H19N3O2/c1-12-10-15(11-22)13(2)20(12)17-14(3)19(4)21(18(17)23)16-8-6-5-7-9-16/h5-11H,1-4H3.